The zero-order chi connectivity index (χ0) is 14.7. The number of hydrogen-bond donors (Lipinski definition) is 0. The molecule has 2 aromatic rings. The van der Waals surface area contributed by atoms with Gasteiger partial charge in [0.15, 0.2) is 0 Å². The fourth-order valence-electron chi connectivity index (χ4n) is 3.05. The zero-order valence-corrected chi connectivity index (χ0v) is 13.3. The molecule has 0 atom stereocenters. The van der Waals surface area contributed by atoms with E-state index in [1.807, 2.05) is 12.1 Å². The number of aromatic nitrogens is 2. The second-order valence-electron chi connectivity index (χ2n) is 5.52. The average molecular weight is 308 g/mol. The first-order valence-electron chi connectivity index (χ1n) is 7.63. The molecule has 21 heavy (non-hydrogen) atoms. The molecule has 0 saturated carbocycles. The molecular formula is C16H22ClN3O. The first-order valence-corrected chi connectivity index (χ1v) is 8.17. The van der Waals surface area contributed by atoms with Gasteiger partial charge in [0, 0.05) is 31.5 Å². The van der Waals surface area contributed by atoms with Crippen LogP contribution in [0.2, 0.25) is 0 Å². The summed E-state index contributed by atoms with van der Waals surface area (Å²) >= 11 is 5.93. The van der Waals surface area contributed by atoms with Crippen molar-refractivity contribution in [1.29, 1.82) is 0 Å². The smallest absolute Gasteiger partial charge is 0.121 e. The van der Waals surface area contributed by atoms with Crippen molar-refractivity contribution in [3.63, 3.8) is 0 Å². The van der Waals surface area contributed by atoms with Crippen LogP contribution >= 0.6 is 11.6 Å². The largest absolute Gasteiger partial charge is 0.497 e. The van der Waals surface area contributed by atoms with Crippen molar-refractivity contribution in [1.82, 2.24) is 14.5 Å². The molecule has 114 valence electrons. The highest BCUT2D eigenvalue weighted by Crippen LogP contribution is 2.23. The number of likely N-dealkylation sites (tertiary alicyclic amines) is 1. The molecule has 3 rings (SSSR count). The molecule has 1 aromatic heterocycles. The lowest BCUT2D eigenvalue weighted by molar-refractivity contribution is 0.322. The highest BCUT2D eigenvalue weighted by molar-refractivity contribution is 6.17. The maximum atomic E-state index is 5.93. The Kier molecular flexibility index (Phi) is 4.66. The number of ether oxygens (including phenoxy) is 1. The third-order valence-electron chi connectivity index (χ3n) is 4.19. The molecule has 2 heterocycles. The summed E-state index contributed by atoms with van der Waals surface area (Å²) in [6.45, 7) is 4.50. The number of alkyl halides is 1. The second kappa shape index (κ2) is 6.67. The third kappa shape index (κ3) is 3.16. The van der Waals surface area contributed by atoms with Gasteiger partial charge in [-0.2, -0.15) is 0 Å². The summed E-state index contributed by atoms with van der Waals surface area (Å²) in [4.78, 5) is 7.25. The van der Waals surface area contributed by atoms with Crippen molar-refractivity contribution in [2.24, 2.45) is 0 Å². The first kappa shape index (κ1) is 14.7. The highest BCUT2D eigenvalue weighted by atomic mass is 35.5. The van der Waals surface area contributed by atoms with Crippen molar-refractivity contribution in [3.05, 3.63) is 24.0 Å². The summed E-state index contributed by atoms with van der Waals surface area (Å²) in [5.41, 5.74) is 2.17. The summed E-state index contributed by atoms with van der Waals surface area (Å²) in [5, 5.41) is 0. The molecular weight excluding hydrogens is 286 g/mol. The van der Waals surface area contributed by atoms with E-state index >= 15 is 0 Å². The lowest BCUT2D eigenvalue weighted by Gasteiger charge is -2.16. The summed E-state index contributed by atoms with van der Waals surface area (Å²) in [6.07, 6.45) is 3.46. The molecule has 1 aliphatic heterocycles. The Bertz CT molecular complexity index is 605. The van der Waals surface area contributed by atoms with Gasteiger partial charge in [0.2, 0.25) is 0 Å². The van der Waals surface area contributed by atoms with E-state index in [1.54, 1.807) is 7.11 Å². The van der Waals surface area contributed by atoms with E-state index in [2.05, 4.69) is 15.5 Å². The fraction of sp³-hybridized carbons (Fsp3) is 0.562. The van der Waals surface area contributed by atoms with Gasteiger partial charge in [-0.1, -0.05) is 0 Å². The maximum absolute atomic E-state index is 5.93. The number of imidazole rings is 1. The van der Waals surface area contributed by atoms with Crippen molar-refractivity contribution >= 4 is 22.6 Å². The molecule has 0 spiro atoms. The molecule has 1 aromatic carbocycles. The summed E-state index contributed by atoms with van der Waals surface area (Å²) in [6, 6.07) is 6.06. The number of hydrogen-bond acceptors (Lipinski definition) is 3. The first-order chi connectivity index (χ1) is 10.3. The normalized spacial score (nSPS) is 15.9. The van der Waals surface area contributed by atoms with Crippen molar-refractivity contribution in [2.75, 3.05) is 32.6 Å². The lowest BCUT2D eigenvalue weighted by Crippen LogP contribution is -2.24. The van der Waals surface area contributed by atoms with E-state index in [1.165, 1.54) is 25.9 Å². The molecule has 1 aliphatic rings. The van der Waals surface area contributed by atoms with Crippen molar-refractivity contribution in [3.8, 4) is 5.75 Å². The number of nitrogens with zero attached hydrogens (tertiary/aromatic N) is 3. The minimum Gasteiger partial charge on any atom is -0.497 e. The van der Waals surface area contributed by atoms with Crippen LogP contribution in [0.5, 0.6) is 5.75 Å². The van der Waals surface area contributed by atoms with Crippen LogP contribution in [-0.2, 0) is 13.0 Å². The number of benzene rings is 1. The molecule has 0 aliphatic carbocycles. The Morgan fingerprint density at radius 3 is 2.76 bits per heavy atom. The third-order valence-corrected chi connectivity index (χ3v) is 4.38. The zero-order valence-electron chi connectivity index (χ0n) is 12.5. The standard InChI is InChI=1S/C16H22ClN3O/c1-21-13-4-5-14-15(12-13)20(16(18-14)6-7-17)11-10-19-8-2-3-9-19/h4-5,12H,2-3,6-11H2,1H3. The molecule has 0 N–H and O–H groups in total. The Hall–Kier alpha value is -1.26. The van der Waals surface area contributed by atoms with Crippen LogP contribution < -0.4 is 4.74 Å². The number of rotatable bonds is 6. The monoisotopic (exact) mass is 307 g/mol. The lowest BCUT2D eigenvalue weighted by atomic mass is 10.3. The minimum absolute atomic E-state index is 0.601. The molecule has 5 heteroatoms. The molecule has 1 saturated heterocycles. The van der Waals surface area contributed by atoms with Crippen LogP contribution in [0, 0.1) is 0 Å². The highest BCUT2D eigenvalue weighted by Gasteiger charge is 2.15. The van der Waals surface area contributed by atoms with E-state index < -0.39 is 0 Å². The topological polar surface area (TPSA) is 30.3 Å². The van der Waals surface area contributed by atoms with Gasteiger partial charge >= 0.3 is 0 Å². The minimum atomic E-state index is 0.601. The quantitative estimate of drug-likeness (QED) is 0.769. The average Bonchev–Trinajstić information content (AvgIpc) is 3.12. The molecule has 0 bridgehead atoms. The van der Waals surface area contributed by atoms with Crippen LogP contribution in [0.4, 0.5) is 0 Å². The van der Waals surface area contributed by atoms with Crippen LogP contribution in [0.3, 0.4) is 0 Å². The Morgan fingerprint density at radius 1 is 1.24 bits per heavy atom. The van der Waals surface area contributed by atoms with E-state index in [4.69, 9.17) is 21.3 Å². The van der Waals surface area contributed by atoms with Crippen LogP contribution in [0.15, 0.2) is 18.2 Å². The predicted octanol–water partition coefficient (Wildman–Crippen LogP) is 2.92. The van der Waals surface area contributed by atoms with Gasteiger partial charge in [0.05, 0.1) is 18.1 Å². The number of halogens is 1. The van der Waals surface area contributed by atoms with Gasteiger partial charge in [-0.3, -0.25) is 0 Å². The Morgan fingerprint density at radius 2 is 2.05 bits per heavy atom. The van der Waals surface area contributed by atoms with E-state index in [9.17, 15) is 0 Å². The van der Waals surface area contributed by atoms with Gasteiger partial charge in [-0.05, 0) is 38.1 Å². The van der Waals surface area contributed by atoms with Crippen LogP contribution in [0.25, 0.3) is 11.0 Å². The number of methoxy groups -OCH3 is 1. The van der Waals surface area contributed by atoms with Gasteiger partial charge in [0.1, 0.15) is 11.6 Å². The SMILES string of the molecule is COc1ccc2nc(CCCl)n(CCN3CCCC3)c2c1. The summed E-state index contributed by atoms with van der Waals surface area (Å²) in [7, 11) is 1.70. The van der Waals surface area contributed by atoms with E-state index in [-0.39, 0.29) is 0 Å². The Labute approximate surface area is 130 Å². The van der Waals surface area contributed by atoms with E-state index in [0.29, 0.717) is 5.88 Å². The molecule has 0 unspecified atom stereocenters. The van der Waals surface area contributed by atoms with Crippen molar-refractivity contribution in [2.45, 2.75) is 25.8 Å². The Balaban J connectivity index is 1.89. The molecule has 4 nitrogen and oxygen atoms in total. The second-order valence-corrected chi connectivity index (χ2v) is 5.90. The maximum Gasteiger partial charge on any atom is 0.121 e. The summed E-state index contributed by atoms with van der Waals surface area (Å²) in [5.74, 6) is 2.55. The molecule has 0 amide bonds. The van der Waals surface area contributed by atoms with Crippen LogP contribution in [-0.4, -0.2) is 47.1 Å². The predicted molar refractivity (Wildman–Crippen MR) is 86.4 cm³/mol. The van der Waals surface area contributed by atoms with Gasteiger partial charge in [-0.15, -0.1) is 11.6 Å². The molecule has 0 radical (unpaired) electrons. The molecule has 1 fully saturated rings. The van der Waals surface area contributed by atoms with Gasteiger partial charge in [-0.25, -0.2) is 4.98 Å². The van der Waals surface area contributed by atoms with Crippen molar-refractivity contribution < 1.29 is 4.74 Å². The van der Waals surface area contributed by atoms with E-state index in [0.717, 1.165) is 42.1 Å². The van der Waals surface area contributed by atoms with Crippen LogP contribution in [0.1, 0.15) is 18.7 Å². The number of aryl methyl sites for hydroxylation is 1. The van der Waals surface area contributed by atoms with Gasteiger partial charge < -0.3 is 14.2 Å². The summed E-state index contributed by atoms with van der Waals surface area (Å²) < 4.78 is 7.65. The number of fused-ring (bicyclic) bond motifs is 1. The fourth-order valence-corrected chi connectivity index (χ4v) is 3.22. The van der Waals surface area contributed by atoms with Gasteiger partial charge in [0.25, 0.3) is 0 Å².